The highest BCUT2D eigenvalue weighted by molar-refractivity contribution is 5.60. The summed E-state index contributed by atoms with van der Waals surface area (Å²) in [4.78, 5) is 2.45. The topological polar surface area (TPSA) is 38.5 Å². The van der Waals surface area contributed by atoms with Crippen molar-refractivity contribution in [3.05, 3.63) is 18.2 Å². The average Bonchev–Trinajstić information content (AvgIpc) is 3.19. The van der Waals surface area contributed by atoms with Crippen LogP contribution in [0.1, 0.15) is 39.5 Å². The summed E-state index contributed by atoms with van der Waals surface area (Å²) in [6.07, 6.45) is 4.93. The highest BCUT2D eigenvalue weighted by atomic mass is 16.5. The van der Waals surface area contributed by atoms with Gasteiger partial charge in [0.2, 0.25) is 0 Å². The Hall–Kier alpha value is -1.38. The van der Waals surface area contributed by atoms with Gasteiger partial charge in [-0.2, -0.15) is 0 Å². The zero-order chi connectivity index (χ0) is 13.7. The van der Waals surface area contributed by atoms with Crippen molar-refractivity contribution < 1.29 is 4.74 Å². The molecule has 0 amide bonds. The molecule has 0 saturated heterocycles. The molecular formula is C16H26N2O. The van der Waals surface area contributed by atoms with E-state index >= 15 is 0 Å². The van der Waals surface area contributed by atoms with Crippen LogP contribution in [0.3, 0.4) is 0 Å². The molecule has 0 spiro atoms. The number of nitrogens with zero attached hydrogens (tertiary/aromatic N) is 1. The maximum absolute atomic E-state index is 6.00. The van der Waals surface area contributed by atoms with E-state index in [9.17, 15) is 0 Å². The first-order valence-corrected chi connectivity index (χ1v) is 7.51. The molecule has 0 aromatic heterocycles. The van der Waals surface area contributed by atoms with Gasteiger partial charge >= 0.3 is 0 Å². The lowest BCUT2D eigenvalue weighted by atomic mass is 10.2. The number of hydrogen-bond donors (Lipinski definition) is 1. The number of nitrogen functional groups attached to an aromatic ring is 1. The van der Waals surface area contributed by atoms with E-state index in [0.717, 1.165) is 49.9 Å². The number of benzene rings is 1. The minimum atomic E-state index is 0.749. The zero-order valence-corrected chi connectivity index (χ0v) is 12.2. The lowest BCUT2D eigenvalue weighted by Crippen LogP contribution is -2.26. The molecule has 106 valence electrons. The van der Waals surface area contributed by atoms with Crippen LogP contribution in [0, 0.1) is 5.92 Å². The van der Waals surface area contributed by atoms with E-state index in [4.69, 9.17) is 10.5 Å². The molecule has 1 fully saturated rings. The molecule has 0 bridgehead atoms. The summed E-state index contributed by atoms with van der Waals surface area (Å²) in [6, 6.07) is 6.11. The molecule has 3 heteroatoms. The van der Waals surface area contributed by atoms with Crippen LogP contribution in [0.4, 0.5) is 11.4 Å². The van der Waals surface area contributed by atoms with Crippen LogP contribution in [-0.4, -0.2) is 19.7 Å². The van der Waals surface area contributed by atoms with Crippen molar-refractivity contribution in [1.29, 1.82) is 0 Å². The molecule has 1 aromatic rings. The van der Waals surface area contributed by atoms with Crippen LogP contribution in [0.25, 0.3) is 0 Å². The summed E-state index contributed by atoms with van der Waals surface area (Å²) in [5.41, 5.74) is 8.01. The van der Waals surface area contributed by atoms with Crippen LogP contribution in [0.15, 0.2) is 18.2 Å². The highest BCUT2D eigenvalue weighted by Gasteiger charge is 2.24. The van der Waals surface area contributed by atoms with Crippen molar-refractivity contribution in [2.24, 2.45) is 5.92 Å². The Morgan fingerprint density at radius 1 is 1.21 bits per heavy atom. The molecular weight excluding hydrogens is 236 g/mol. The number of ether oxygens (including phenoxy) is 1. The monoisotopic (exact) mass is 262 g/mol. The largest absolute Gasteiger partial charge is 0.493 e. The highest BCUT2D eigenvalue weighted by Crippen LogP contribution is 2.33. The third-order valence-electron chi connectivity index (χ3n) is 3.42. The van der Waals surface area contributed by atoms with E-state index in [-0.39, 0.29) is 0 Å². The molecule has 0 radical (unpaired) electrons. The average molecular weight is 262 g/mol. The van der Waals surface area contributed by atoms with E-state index < -0.39 is 0 Å². The first-order valence-electron chi connectivity index (χ1n) is 7.51. The molecule has 19 heavy (non-hydrogen) atoms. The van der Waals surface area contributed by atoms with Gasteiger partial charge in [-0.1, -0.05) is 13.8 Å². The maximum atomic E-state index is 6.00. The predicted octanol–water partition coefficient (Wildman–Crippen LogP) is 3.68. The predicted molar refractivity (Wildman–Crippen MR) is 81.9 cm³/mol. The summed E-state index contributed by atoms with van der Waals surface area (Å²) >= 11 is 0. The quantitative estimate of drug-likeness (QED) is 0.726. The third-order valence-corrected chi connectivity index (χ3v) is 3.42. The molecule has 0 unspecified atom stereocenters. The number of anilines is 2. The van der Waals surface area contributed by atoms with Gasteiger partial charge in [0.1, 0.15) is 5.75 Å². The van der Waals surface area contributed by atoms with Gasteiger partial charge < -0.3 is 15.4 Å². The Labute approximate surface area is 116 Å². The Morgan fingerprint density at radius 3 is 2.63 bits per heavy atom. The van der Waals surface area contributed by atoms with E-state index in [1.807, 2.05) is 6.07 Å². The van der Waals surface area contributed by atoms with Crippen LogP contribution in [0.5, 0.6) is 5.75 Å². The Kier molecular flexibility index (Phi) is 4.94. The van der Waals surface area contributed by atoms with Crippen LogP contribution in [0.2, 0.25) is 0 Å². The normalized spacial score (nSPS) is 14.4. The molecule has 0 aliphatic heterocycles. The van der Waals surface area contributed by atoms with Crippen LogP contribution >= 0.6 is 0 Å². The Balaban J connectivity index is 2.11. The molecule has 2 rings (SSSR count). The van der Waals surface area contributed by atoms with Crippen LogP contribution < -0.4 is 15.4 Å². The van der Waals surface area contributed by atoms with E-state index in [1.54, 1.807) is 0 Å². The lowest BCUT2D eigenvalue weighted by Gasteiger charge is -2.25. The van der Waals surface area contributed by atoms with Gasteiger partial charge in [-0.3, -0.25) is 0 Å². The molecule has 1 saturated carbocycles. The van der Waals surface area contributed by atoms with Gasteiger partial charge in [0.25, 0.3) is 0 Å². The minimum Gasteiger partial charge on any atom is -0.493 e. The van der Waals surface area contributed by atoms with Crippen LogP contribution in [-0.2, 0) is 0 Å². The number of rotatable bonds is 8. The van der Waals surface area contributed by atoms with Gasteiger partial charge in [0.15, 0.2) is 0 Å². The standard InChI is InChI=1S/C16H26N2O/c1-3-7-18(12-13-5-6-13)15-9-14(17)10-16(11-15)19-8-4-2/h9-11,13H,3-8,12,17H2,1-2H3. The van der Waals surface area contributed by atoms with E-state index in [2.05, 4.69) is 30.9 Å². The molecule has 1 aliphatic carbocycles. The van der Waals surface area contributed by atoms with Gasteiger partial charge in [-0.05, 0) is 37.7 Å². The van der Waals surface area contributed by atoms with E-state index in [1.165, 1.54) is 18.5 Å². The SMILES string of the molecule is CCCOc1cc(N)cc(N(CCC)CC2CC2)c1. The van der Waals surface area contributed by atoms with Gasteiger partial charge in [-0.25, -0.2) is 0 Å². The first-order chi connectivity index (χ1) is 9.22. The van der Waals surface area contributed by atoms with Crippen molar-refractivity contribution in [2.45, 2.75) is 39.5 Å². The minimum absolute atomic E-state index is 0.749. The maximum Gasteiger partial charge on any atom is 0.123 e. The zero-order valence-electron chi connectivity index (χ0n) is 12.2. The van der Waals surface area contributed by atoms with Gasteiger partial charge in [0.05, 0.1) is 6.61 Å². The second-order valence-corrected chi connectivity index (χ2v) is 5.50. The first kappa shape index (κ1) is 14.0. The number of nitrogens with two attached hydrogens (primary N) is 1. The second-order valence-electron chi connectivity index (χ2n) is 5.50. The van der Waals surface area contributed by atoms with Crippen molar-refractivity contribution in [3.63, 3.8) is 0 Å². The second kappa shape index (κ2) is 6.69. The molecule has 0 heterocycles. The van der Waals surface area contributed by atoms with Crippen molar-refractivity contribution in [3.8, 4) is 5.75 Å². The third kappa shape index (κ3) is 4.34. The molecule has 2 N–H and O–H groups in total. The van der Waals surface area contributed by atoms with Gasteiger partial charge in [-0.15, -0.1) is 0 Å². The van der Waals surface area contributed by atoms with Crippen molar-refractivity contribution in [1.82, 2.24) is 0 Å². The fourth-order valence-electron chi connectivity index (χ4n) is 2.30. The molecule has 1 aliphatic rings. The van der Waals surface area contributed by atoms with Crippen molar-refractivity contribution >= 4 is 11.4 Å². The molecule has 0 atom stereocenters. The summed E-state index contributed by atoms with van der Waals surface area (Å²) < 4.78 is 5.72. The smallest absolute Gasteiger partial charge is 0.123 e. The number of hydrogen-bond acceptors (Lipinski definition) is 3. The van der Waals surface area contributed by atoms with Crippen molar-refractivity contribution in [2.75, 3.05) is 30.3 Å². The molecule has 3 nitrogen and oxygen atoms in total. The fourth-order valence-corrected chi connectivity index (χ4v) is 2.30. The summed E-state index contributed by atoms with van der Waals surface area (Å²) in [5, 5.41) is 0. The summed E-state index contributed by atoms with van der Waals surface area (Å²) in [7, 11) is 0. The lowest BCUT2D eigenvalue weighted by molar-refractivity contribution is 0.317. The summed E-state index contributed by atoms with van der Waals surface area (Å²) in [6.45, 7) is 7.33. The molecule has 1 aromatic carbocycles. The Morgan fingerprint density at radius 2 is 2.00 bits per heavy atom. The Bertz CT molecular complexity index is 402. The van der Waals surface area contributed by atoms with Gasteiger partial charge in [0, 0.05) is 36.6 Å². The van der Waals surface area contributed by atoms with E-state index in [0.29, 0.717) is 0 Å². The fraction of sp³-hybridized carbons (Fsp3) is 0.625. The summed E-state index contributed by atoms with van der Waals surface area (Å²) in [5.74, 6) is 1.78.